The largest absolute Gasteiger partial charge is 0.313 e. The van der Waals surface area contributed by atoms with Crippen LogP contribution >= 0.6 is 0 Å². The molecule has 1 unspecified atom stereocenters. The Morgan fingerprint density at radius 2 is 1.65 bits per heavy atom. The highest BCUT2D eigenvalue weighted by atomic mass is 15.2. The van der Waals surface area contributed by atoms with Gasteiger partial charge < -0.3 is 5.32 Å². The van der Waals surface area contributed by atoms with Crippen molar-refractivity contribution in [1.29, 1.82) is 0 Å². The molecule has 1 aliphatic heterocycles. The zero-order chi connectivity index (χ0) is 11.5. The molecule has 1 heterocycles. The minimum atomic E-state index is 0.805. The Labute approximate surface area is 106 Å². The van der Waals surface area contributed by atoms with Gasteiger partial charge in [0.2, 0.25) is 0 Å². The standard InChI is InChI=1S/C15H28N2/c1-2-5-13(6-3-1)11-17(15-8-9-15)12-14-7-4-10-16-14/h13-16H,1-12H2. The fourth-order valence-electron chi connectivity index (χ4n) is 3.71. The maximum Gasteiger partial charge on any atom is 0.0195 e. The predicted molar refractivity (Wildman–Crippen MR) is 72.2 cm³/mol. The zero-order valence-corrected chi connectivity index (χ0v) is 11.2. The summed E-state index contributed by atoms with van der Waals surface area (Å²) in [5, 5.41) is 3.67. The van der Waals surface area contributed by atoms with Gasteiger partial charge in [-0.15, -0.1) is 0 Å². The van der Waals surface area contributed by atoms with E-state index in [2.05, 4.69) is 10.2 Å². The highest BCUT2D eigenvalue weighted by Gasteiger charge is 2.32. The van der Waals surface area contributed by atoms with Crippen LogP contribution in [0, 0.1) is 5.92 Å². The molecule has 2 heteroatoms. The van der Waals surface area contributed by atoms with Crippen LogP contribution in [0.2, 0.25) is 0 Å². The third kappa shape index (κ3) is 3.45. The first-order valence-corrected chi connectivity index (χ1v) is 7.89. The van der Waals surface area contributed by atoms with Crippen molar-refractivity contribution in [1.82, 2.24) is 10.2 Å². The molecular weight excluding hydrogens is 208 g/mol. The second-order valence-electron chi connectivity index (χ2n) is 6.48. The van der Waals surface area contributed by atoms with E-state index in [1.54, 1.807) is 0 Å². The van der Waals surface area contributed by atoms with Gasteiger partial charge in [-0.25, -0.2) is 0 Å². The lowest BCUT2D eigenvalue weighted by molar-refractivity contribution is 0.179. The van der Waals surface area contributed by atoms with E-state index in [0.29, 0.717) is 0 Å². The Morgan fingerprint density at radius 3 is 2.29 bits per heavy atom. The minimum absolute atomic E-state index is 0.805. The van der Waals surface area contributed by atoms with E-state index in [1.165, 1.54) is 77.4 Å². The second-order valence-corrected chi connectivity index (χ2v) is 6.48. The molecule has 2 nitrogen and oxygen atoms in total. The van der Waals surface area contributed by atoms with Crippen molar-refractivity contribution in [3.8, 4) is 0 Å². The van der Waals surface area contributed by atoms with Crippen molar-refractivity contribution in [2.75, 3.05) is 19.6 Å². The molecule has 1 atom stereocenters. The molecule has 2 saturated carbocycles. The molecule has 0 spiro atoms. The van der Waals surface area contributed by atoms with Crippen LogP contribution in [-0.2, 0) is 0 Å². The molecule has 0 aromatic carbocycles. The van der Waals surface area contributed by atoms with E-state index in [0.717, 1.165) is 18.0 Å². The SMILES string of the molecule is C1CCC(CN(CC2CCCN2)C2CC2)CC1. The third-order valence-electron chi connectivity index (χ3n) is 4.90. The normalized spacial score (nSPS) is 31.2. The topological polar surface area (TPSA) is 15.3 Å². The van der Waals surface area contributed by atoms with E-state index in [1.807, 2.05) is 0 Å². The molecule has 0 aromatic heterocycles. The van der Waals surface area contributed by atoms with Gasteiger partial charge in [0.15, 0.2) is 0 Å². The molecule has 1 saturated heterocycles. The zero-order valence-electron chi connectivity index (χ0n) is 11.2. The number of nitrogens with one attached hydrogen (secondary N) is 1. The summed E-state index contributed by atoms with van der Waals surface area (Å²) in [4.78, 5) is 2.83. The summed E-state index contributed by atoms with van der Waals surface area (Å²) < 4.78 is 0. The molecule has 0 radical (unpaired) electrons. The number of rotatable bonds is 5. The maximum absolute atomic E-state index is 3.67. The van der Waals surface area contributed by atoms with Crippen molar-refractivity contribution in [2.24, 2.45) is 5.92 Å². The number of nitrogens with zero attached hydrogens (tertiary/aromatic N) is 1. The summed E-state index contributed by atoms with van der Waals surface area (Å²) in [5.74, 6) is 1.02. The summed E-state index contributed by atoms with van der Waals surface area (Å²) in [6.45, 7) is 4.00. The summed E-state index contributed by atoms with van der Waals surface area (Å²) in [7, 11) is 0. The summed E-state index contributed by atoms with van der Waals surface area (Å²) >= 11 is 0. The van der Waals surface area contributed by atoms with E-state index in [4.69, 9.17) is 0 Å². The monoisotopic (exact) mass is 236 g/mol. The van der Waals surface area contributed by atoms with Crippen molar-refractivity contribution < 1.29 is 0 Å². The van der Waals surface area contributed by atoms with Crippen LogP contribution in [0.5, 0.6) is 0 Å². The van der Waals surface area contributed by atoms with Crippen LogP contribution in [0.1, 0.15) is 57.8 Å². The van der Waals surface area contributed by atoms with Gasteiger partial charge in [0.25, 0.3) is 0 Å². The smallest absolute Gasteiger partial charge is 0.0195 e. The van der Waals surface area contributed by atoms with Crippen molar-refractivity contribution >= 4 is 0 Å². The van der Waals surface area contributed by atoms with Gasteiger partial charge in [-0.2, -0.15) is 0 Å². The Kier molecular flexibility index (Phi) is 4.02. The quantitative estimate of drug-likeness (QED) is 0.789. The average molecular weight is 236 g/mol. The third-order valence-corrected chi connectivity index (χ3v) is 4.90. The lowest BCUT2D eigenvalue weighted by Gasteiger charge is -2.31. The minimum Gasteiger partial charge on any atom is -0.313 e. The summed E-state index contributed by atoms with van der Waals surface area (Å²) in [6, 6.07) is 1.76. The summed E-state index contributed by atoms with van der Waals surface area (Å²) in [5.41, 5.74) is 0. The van der Waals surface area contributed by atoms with Gasteiger partial charge in [0, 0.05) is 25.2 Å². The molecule has 2 aliphatic carbocycles. The first-order valence-electron chi connectivity index (χ1n) is 7.89. The molecule has 0 aromatic rings. The molecule has 0 amide bonds. The van der Waals surface area contributed by atoms with Gasteiger partial charge in [0.05, 0.1) is 0 Å². The molecule has 98 valence electrons. The Bertz CT molecular complexity index is 225. The highest BCUT2D eigenvalue weighted by Crippen LogP contribution is 2.31. The summed E-state index contributed by atoms with van der Waals surface area (Å²) in [6.07, 6.45) is 13.2. The Balaban J connectivity index is 1.48. The second kappa shape index (κ2) is 5.71. The van der Waals surface area contributed by atoms with Crippen LogP contribution in [-0.4, -0.2) is 36.6 Å². The van der Waals surface area contributed by atoms with E-state index < -0.39 is 0 Å². The van der Waals surface area contributed by atoms with E-state index >= 15 is 0 Å². The molecule has 1 N–H and O–H groups in total. The fourth-order valence-corrected chi connectivity index (χ4v) is 3.71. The predicted octanol–water partition coefficient (Wildman–Crippen LogP) is 2.78. The van der Waals surface area contributed by atoms with Crippen molar-refractivity contribution in [2.45, 2.75) is 69.9 Å². The van der Waals surface area contributed by atoms with Crippen LogP contribution < -0.4 is 5.32 Å². The molecule has 3 rings (SSSR count). The van der Waals surface area contributed by atoms with Gasteiger partial charge in [-0.1, -0.05) is 19.3 Å². The first-order chi connectivity index (χ1) is 8.42. The van der Waals surface area contributed by atoms with Crippen LogP contribution in [0.15, 0.2) is 0 Å². The van der Waals surface area contributed by atoms with E-state index in [-0.39, 0.29) is 0 Å². The Morgan fingerprint density at radius 1 is 0.824 bits per heavy atom. The van der Waals surface area contributed by atoms with Crippen LogP contribution in [0.4, 0.5) is 0 Å². The Hall–Kier alpha value is -0.0800. The molecule has 17 heavy (non-hydrogen) atoms. The average Bonchev–Trinajstić information content (AvgIpc) is 3.09. The lowest BCUT2D eigenvalue weighted by Crippen LogP contribution is -2.41. The molecular formula is C15H28N2. The van der Waals surface area contributed by atoms with E-state index in [9.17, 15) is 0 Å². The number of hydrogen-bond donors (Lipinski definition) is 1. The van der Waals surface area contributed by atoms with Crippen molar-refractivity contribution in [3.63, 3.8) is 0 Å². The molecule has 3 fully saturated rings. The highest BCUT2D eigenvalue weighted by molar-refractivity contribution is 4.89. The number of hydrogen-bond acceptors (Lipinski definition) is 2. The van der Waals surface area contributed by atoms with Crippen LogP contribution in [0.3, 0.4) is 0 Å². The molecule has 0 bridgehead atoms. The van der Waals surface area contributed by atoms with Gasteiger partial charge in [-0.05, 0) is 51.0 Å². The molecule has 3 aliphatic rings. The maximum atomic E-state index is 3.67. The van der Waals surface area contributed by atoms with Crippen LogP contribution in [0.25, 0.3) is 0 Å². The fraction of sp³-hybridized carbons (Fsp3) is 1.00. The van der Waals surface area contributed by atoms with Gasteiger partial charge >= 0.3 is 0 Å². The first kappa shape index (κ1) is 12.0. The van der Waals surface area contributed by atoms with Gasteiger partial charge in [0.1, 0.15) is 0 Å². The lowest BCUT2D eigenvalue weighted by atomic mass is 9.89. The van der Waals surface area contributed by atoms with Crippen molar-refractivity contribution in [3.05, 3.63) is 0 Å². The van der Waals surface area contributed by atoms with Gasteiger partial charge in [-0.3, -0.25) is 4.90 Å².